The third-order valence-electron chi connectivity index (χ3n) is 6.27. The molecule has 4 aromatic rings. The molecule has 0 fully saturated rings. The van der Waals surface area contributed by atoms with Crippen molar-refractivity contribution in [2.45, 2.75) is 63.1 Å². The Morgan fingerprint density at radius 3 is 2.30 bits per heavy atom. The van der Waals surface area contributed by atoms with E-state index in [-0.39, 0.29) is 22.5 Å². The maximum atomic E-state index is 13.7. The third kappa shape index (κ3) is 9.29. The number of carbonyl (C=O) groups is 1. The smallest absolute Gasteiger partial charge is 0.321 e. The van der Waals surface area contributed by atoms with E-state index in [0.29, 0.717) is 22.7 Å². The number of nitrogens with zero attached hydrogens (tertiary/aromatic N) is 2. The predicted octanol–water partition coefficient (Wildman–Crippen LogP) is 6.84. The molecule has 3 aromatic carbocycles. The van der Waals surface area contributed by atoms with E-state index in [2.05, 4.69) is 52.1 Å². The second kappa shape index (κ2) is 14.1. The van der Waals surface area contributed by atoms with E-state index < -0.39 is 15.6 Å². The third-order valence-corrected chi connectivity index (χ3v) is 9.43. The Morgan fingerprint density at radius 2 is 1.66 bits per heavy atom. The molecule has 0 aliphatic heterocycles. The topological polar surface area (TPSA) is 115 Å². The molecule has 9 nitrogen and oxygen atoms in total. The molecule has 12 heteroatoms. The first-order valence-corrected chi connectivity index (χ1v) is 17.0. The number of nitrogens with one attached hydrogen (secondary N) is 4. The summed E-state index contributed by atoms with van der Waals surface area (Å²) in [5.41, 5.74) is 2.77. The molecule has 0 saturated carbocycles. The van der Waals surface area contributed by atoms with Gasteiger partial charge in [-0.3, -0.25) is 5.32 Å². The van der Waals surface area contributed by atoms with Gasteiger partial charge >= 0.3 is 6.03 Å². The number of thiol groups is 1. The van der Waals surface area contributed by atoms with Crippen molar-refractivity contribution in [3.8, 4) is 21.0 Å². The molecular weight excluding hydrogens is 613 g/mol. The van der Waals surface area contributed by atoms with Crippen molar-refractivity contribution >= 4 is 51.4 Å². The molecule has 0 aliphatic rings. The summed E-state index contributed by atoms with van der Waals surface area (Å²) in [6, 6.07) is 22.3. The van der Waals surface area contributed by atoms with Gasteiger partial charge in [-0.1, -0.05) is 36.4 Å². The first-order chi connectivity index (χ1) is 20.7. The fourth-order valence-corrected chi connectivity index (χ4v) is 7.53. The summed E-state index contributed by atoms with van der Waals surface area (Å²) in [5.74, 6) is 0. The van der Waals surface area contributed by atoms with Gasteiger partial charge in [0.2, 0.25) is 10.0 Å². The lowest BCUT2D eigenvalue weighted by atomic mass is 10.1. The van der Waals surface area contributed by atoms with Gasteiger partial charge in [-0.2, -0.15) is 0 Å². The van der Waals surface area contributed by atoms with Gasteiger partial charge in [0.25, 0.3) is 0 Å². The lowest BCUT2D eigenvalue weighted by Gasteiger charge is -2.22. The van der Waals surface area contributed by atoms with Crippen LogP contribution in [0, 0.1) is 0 Å². The average molecular weight is 653 g/mol. The Kier molecular flexibility index (Phi) is 10.7. The Hall–Kier alpha value is -3.42. The van der Waals surface area contributed by atoms with Gasteiger partial charge in [-0.15, -0.1) is 24.0 Å². The van der Waals surface area contributed by atoms with E-state index in [1.165, 1.54) is 22.3 Å². The summed E-state index contributed by atoms with van der Waals surface area (Å²) >= 11 is 5.92. The minimum absolute atomic E-state index is 0.0585. The number of anilines is 2. The number of urea groups is 1. The van der Waals surface area contributed by atoms with Crippen molar-refractivity contribution in [3.63, 3.8) is 0 Å². The van der Waals surface area contributed by atoms with Crippen LogP contribution in [-0.4, -0.2) is 48.5 Å². The van der Waals surface area contributed by atoms with Crippen LogP contribution in [0.4, 0.5) is 16.2 Å². The van der Waals surface area contributed by atoms with Gasteiger partial charge in [0.1, 0.15) is 10.5 Å². The molecule has 0 spiro atoms. The number of thiazole rings is 1. The van der Waals surface area contributed by atoms with E-state index in [1.807, 2.05) is 54.6 Å². The first kappa shape index (κ1) is 33.5. The van der Waals surface area contributed by atoms with Crippen LogP contribution in [0.1, 0.15) is 40.2 Å². The van der Waals surface area contributed by atoms with Gasteiger partial charge in [0, 0.05) is 53.9 Å². The van der Waals surface area contributed by atoms with E-state index in [4.69, 9.17) is 0 Å². The fourth-order valence-electron chi connectivity index (χ4n) is 4.39. The summed E-state index contributed by atoms with van der Waals surface area (Å²) in [5, 5.41) is 10.2. The highest BCUT2D eigenvalue weighted by molar-refractivity contribution is 7.89. The largest absolute Gasteiger partial charge is 0.362 e. The standard InChI is InChI=1S/C32H40N6O3S3/c1-21(2)34-30(42)35-24-14-12-23(13-15-24)29-33-19-27(43-29)26-17-16-25(18-28(26)44(40,41)37-32(3,4)5)36-31(39)38(6)20-22-10-8-7-9-11-22/h7-19,21,30,34-35,37,42H,20H2,1-6H3,(H,36,39). The van der Waals surface area contributed by atoms with Gasteiger partial charge in [-0.25, -0.2) is 22.9 Å². The molecule has 4 N–H and O–H groups in total. The van der Waals surface area contributed by atoms with Crippen LogP contribution >= 0.6 is 24.0 Å². The number of rotatable bonds is 11. The first-order valence-electron chi connectivity index (χ1n) is 14.2. The Balaban J connectivity index is 1.60. The molecule has 0 radical (unpaired) electrons. The molecule has 234 valence electrons. The Labute approximate surface area is 270 Å². The quantitative estimate of drug-likeness (QED) is 0.0895. The highest BCUT2D eigenvalue weighted by atomic mass is 32.2. The van der Waals surface area contributed by atoms with Crippen molar-refractivity contribution in [1.29, 1.82) is 0 Å². The van der Waals surface area contributed by atoms with E-state index in [9.17, 15) is 13.2 Å². The minimum atomic E-state index is -3.96. The van der Waals surface area contributed by atoms with Crippen LogP contribution in [-0.2, 0) is 16.6 Å². The van der Waals surface area contributed by atoms with Crippen molar-refractivity contribution < 1.29 is 13.2 Å². The van der Waals surface area contributed by atoms with Gasteiger partial charge < -0.3 is 15.5 Å². The zero-order chi connectivity index (χ0) is 32.1. The Morgan fingerprint density at radius 1 is 1.00 bits per heavy atom. The SMILES string of the molecule is CC(C)NC(S)Nc1ccc(-c2ncc(-c3ccc(NC(=O)N(C)Cc4ccccc4)cc3S(=O)(=O)NC(C)(C)C)s2)cc1. The monoisotopic (exact) mass is 652 g/mol. The molecule has 4 rings (SSSR count). The molecular formula is C32H40N6O3S3. The van der Waals surface area contributed by atoms with E-state index in [1.54, 1.807) is 46.1 Å². The number of hydrogen-bond donors (Lipinski definition) is 5. The molecule has 0 saturated heterocycles. The van der Waals surface area contributed by atoms with Crippen molar-refractivity contribution in [2.24, 2.45) is 0 Å². The highest BCUT2D eigenvalue weighted by Gasteiger charge is 2.27. The van der Waals surface area contributed by atoms with E-state index in [0.717, 1.165) is 21.8 Å². The van der Waals surface area contributed by atoms with Crippen LogP contribution in [0.3, 0.4) is 0 Å². The number of aromatic nitrogens is 1. The molecule has 1 aromatic heterocycles. The lowest BCUT2D eigenvalue weighted by Crippen LogP contribution is -2.40. The van der Waals surface area contributed by atoms with Crippen LogP contribution in [0.2, 0.25) is 0 Å². The highest BCUT2D eigenvalue weighted by Crippen LogP contribution is 2.37. The number of amides is 2. The minimum Gasteiger partial charge on any atom is -0.362 e. The average Bonchev–Trinajstić information content (AvgIpc) is 3.42. The van der Waals surface area contributed by atoms with Crippen LogP contribution in [0.5, 0.6) is 0 Å². The van der Waals surface area contributed by atoms with Crippen LogP contribution in [0.15, 0.2) is 83.9 Å². The number of hydrogen-bond acceptors (Lipinski definition) is 8. The van der Waals surface area contributed by atoms with E-state index >= 15 is 0 Å². The number of sulfonamides is 1. The summed E-state index contributed by atoms with van der Waals surface area (Å²) in [4.78, 5) is 19.9. The summed E-state index contributed by atoms with van der Waals surface area (Å²) < 4.78 is 30.1. The Bertz CT molecular complexity index is 1670. The molecule has 1 unspecified atom stereocenters. The molecule has 1 heterocycles. The van der Waals surface area contributed by atoms with Gasteiger partial charge in [-0.05, 0) is 76.6 Å². The summed E-state index contributed by atoms with van der Waals surface area (Å²) in [6.45, 7) is 9.87. The lowest BCUT2D eigenvalue weighted by molar-refractivity contribution is 0.220. The number of carbonyl (C=O) groups excluding carboxylic acids is 1. The summed E-state index contributed by atoms with van der Waals surface area (Å²) in [7, 11) is -2.27. The second-order valence-corrected chi connectivity index (χ2v) is 15.0. The van der Waals surface area contributed by atoms with Crippen LogP contribution in [0.25, 0.3) is 21.0 Å². The normalized spacial score (nSPS) is 12.6. The zero-order valence-electron chi connectivity index (χ0n) is 25.8. The molecule has 2 amide bonds. The van der Waals surface area contributed by atoms with Crippen molar-refractivity contribution in [2.75, 3.05) is 17.7 Å². The predicted molar refractivity (Wildman–Crippen MR) is 185 cm³/mol. The maximum Gasteiger partial charge on any atom is 0.321 e. The van der Waals surface area contributed by atoms with Gasteiger partial charge in [0.05, 0.1) is 9.77 Å². The molecule has 1 atom stereocenters. The van der Waals surface area contributed by atoms with Crippen molar-refractivity contribution in [3.05, 3.63) is 84.6 Å². The molecule has 0 bridgehead atoms. The van der Waals surface area contributed by atoms with Crippen LogP contribution < -0.4 is 20.7 Å². The van der Waals surface area contributed by atoms with Crippen molar-refractivity contribution in [1.82, 2.24) is 19.9 Å². The number of benzene rings is 3. The van der Waals surface area contributed by atoms with Gasteiger partial charge in [0.15, 0.2) is 0 Å². The molecule has 0 aliphatic carbocycles. The summed E-state index contributed by atoms with van der Waals surface area (Å²) in [6.07, 6.45) is 1.68. The zero-order valence-corrected chi connectivity index (χ0v) is 28.3. The molecule has 44 heavy (non-hydrogen) atoms. The maximum absolute atomic E-state index is 13.7. The fraction of sp³-hybridized carbons (Fsp3) is 0.312. The second-order valence-electron chi connectivity index (χ2n) is 11.8.